The van der Waals surface area contributed by atoms with Crippen molar-refractivity contribution in [3.63, 3.8) is 0 Å². The van der Waals surface area contributed by atoms with E-state index in [2.05, 4.69) is 9.72 Å². The van der Waals surface area contributed by atoms with Crippen molar-refractivity contribution in [2.24, 2.45) is 0 Å². The van der Waals surface area contributed by atoms with E-state index in [0.29, 0.717) is 0 Å². The molecule has 13 heavy (non-hydrogen) atoms. The maximum atomic E-state index is 12.5. The third-order valence-electron chi connectivity index (χ3n) is 1.21. The Hall–Kier alpha value is -0.870. The lowest BCUT2D eigenvalue weighted by molar-refractivity contribution is 0.0600. The number of hydrogen-bond donors (Lipinski definition) is 0. The molecule has 0 unspecified atom stereocenters. The first kappa shape index (κ1) is 12.1. The Morgan fingerprint density at radius 1 is 1.69 bits per heavy atom. The molecule has 6 heteroatoms. The van der Waals surface area contributed by atoms with Gasteiger partial charge in [-0.1, -0.05) is 11.6 Å². The largest absolute Gasteiger partial charge is 0.465 e. The summed E-state index contributed by atoms with van der Waals surface area (Å²) in [4.78, 5) is 14.3. The zero-order chi connectivity index (χ0) is 9.14. The molecule has 0 aliphatic heterocycles. The van der Waals surface area contributed by atoms with Gasteiger partial charge in [0.15, 0.2) is 0 Å². The van der Waals surface area contributed by atoms with Crippen LogP contribution in [0.5, 0.6) is 0 Å². The summed E-state index contributed by atoms with van der Waals surface area (Å²) in [5.41, 5.74) is -0.0702. The van der Waals surface area contributed by atoms with Gasteiger partial charge >= 0.3 is 5.97 Å². The Balaban J connectivity index is 0.00000144. The molecule has 0 saturated heterocycles. The molecular weight excluding hydrogens is 220 g/mol. The van der Waals surface area contributed by atoms with Crippen LogP contribution < -0.4 is 0 Å². The average Bonchev–Trinajstić information content (AvgIpc) is 2.08. The molecule has 3 nitrogen and oxygen atoms in total. The number of hydrogen-bond acceptors (Lipinski definition) is 3. The predicted molar refractivity (Wildman–Crippen MR) is 47.8 cm³/mol. The van der Waals surface area contributed by atoms with Crippen LogP contribution in [0, 0.1) is 5.82 Å². The number of methoxy groups -OCH3 is 1. The Kier molecular flexibility index (Phi) is 4.66. The summed E-state index contributed by atoms with van der Waals surface area (Å²) in [6.07, 6.45) is 0.925. The van der Waals surface area contributed by atoms with E-state index < -0.39 is 11.8 Å². The maximum Gasteiger partial charge on any atom is 0.341 e. The number of rotatable bonds is 1. The van der Waals surface area contributed by atoms with Crippen molar-refractivity contribution < 1.29 is 13.9 Å². The molecule has 72 valence electrons. The van der Waals surface area contributed by atoms with E-state index in [9.17, 15) is 9.18 Å². The summed E-state index contributed by atoms with van der Waals surface area (Å²) in [5.74, 6) is -1.33. The van der Waals surface area contributed by atoms with Gasteiger partial charge in [0, 0.05) is 0 Å². The minimum Gasteiger partial charge on any atom is -0.465 e. The van der Waals surface area contributed by atoms with Crippen molar-refractivity contribution in [1.82, 2.24) is 4.98 Å². The van der Waals surface area contributed by atoms with Crippen molar-refractivity contribution >= 4 is 30.0 Å². The van der Waals surface area contributed by atoms with Crippen molar-refractivity contribution in [2.75, 3.05) is 7.11 Å². The van der Waals surface area contributed by atoms with Gasteiger partial charge in [0.25, 0.3) is 0 Å². The van der Waals surface area contributed by atoms with Gasteiger partial charge in [-0.2, -0.15) is 0 Å². The predicted octanol–water partition coefficient (Wildman–Crippen LogP) is 2.08. The minimum absolute atomic E-state index is 0. The number of nitrogens with zero attached hydrogens (tertiary/aromatic N) is 1. The molecule has 0 N–H and O–H groups in total. The fourth-order valence-electron chi connectivity index (χ4n) is 0.676. The summed E-state index contributed by atoms with van der Waals surface area (Å²) >= 11 is 5.49. The first-order valence-electron chi connectivity index (χ1n) is 3.04. The Morgan fingerprint density at radius 2 is 2.31 bits per heavy atom. The zero-order valence-corrected chi connectivity index (χ0v) is 8.16. The second-order valence-electron chi connectivity index (χ2n) is 1.98. The molecule has 0 aliphatic carbocycles. The first-order valence-corrected chi connectivity index (χ1v) is 3.42. The van der Waals surface area contributed by atoms with Crippen LogP contribution in [-0.2, 0) is 4.74 Å². The highest BCUT2D eigenvalue weighted by atomic mass is 35.5. The van der Waals surface area contributed by atoms with Gasteiger partial charge < -0.3 is 4.74 Å². The third kappa shape index (κ3) is 2.82. The van der Waals surface area contributed by atoms with Crippen molar-refractivity contribution in [3.05, 3.63) is 28.8 Å². The van der Waals surface area contributed by atoms with E-state index in [1.165, 1.54) is 7.11 Å². The molecule has 1 aromatic rings. The Bertz CT molecular complexity index is 319. The first-order chi connectivity index (χ1) is 5.65. The van der Waals surface area contributed by atoms with Crippen LogP contribution in [-0.4, -0.2) is 18.1 Å². The molecule has 0 spiro atoms. The summed E-state index contributed by atoms with van der Waals surface area (Å²) in [7, 11) is 1.18. The van der Waals surface area contributed by atoms with Crippen LogP contribution in [0.4, 0.5) is 4.39 Å². The molecule has 0 amide bonds. The maximum absolute atomic E-state index is 12.5. The van der Waals surface area contributed by atoms with Crippen molar-refractivity contribution in [2.45, 2.75) is 0 Å². The van der Waals surface area contributed by atoms with E-state index in [0.717, 1.165) is 12.3 Å². The summed E-state index contributed by atoms with van der Waals surface area (Å²) in [5, 5.41) is -0.0664. The molecule has 0 saturated carbocycles. The lowest BCUT2D eigenvalue weighted by Gasteiger charge is -1.99. The standard InChI is InChI=1S/C7H5ClFNO2.ClH/c1-12-7(11)5-2-4(9)3-10-6(5)8;/h2-3H,1H3;1H. The quantitative estimate of drug-likeness (QED) is 0.543. The van der Waals surface area contributed by atoms with Gasteiger partial charge in [0.1, 0.15) is 11.0 Å². The third-order valence-corrected chi connectivity index (χ3v) is 1.51. The number of halogens is 3. The van der Waals surface area contributed by atoms with Crippen molar-refractivity contribution in [1.29, 1.82) is 0 Å². The summed E-state index contributed by atoms with van der Waals surface area (Å²) in [6, 6.07) is 0.973. The summed E-state index contributed by atoms with van der Waals surface area (Å²) < 4.78 is 16.9. The van der Waals surface area contributed by atoms with E-state index in [4.69, 9.17) is 11.6 Å². The van der Waals surface area contributed by atoms with Crippen molar-refractivity contribution in [3.8, 4) is 0 Å². The number of carbonyl (C=O) groups is 1. The second-order valence-corrected chi connectivity index (χ2v) is 2.34. The van der Waals surface area contributed by atoms with E-state index >= 15 is 0 Å². The zero-order valence-electron chi connectivity index (χ0n) is 6.58. The average molecular weight is 226 g/mol. The molecule has 0 aromatic carbocycles. The second kappa shape index (κ2) is 4.99. The van der Waals surface area contributed by atoms with Gasteiger partial charge in [0.05, 0.1) is 18.9 Å². The summed E-state index contributed by atoms with van der Waals surface area (Å²) in [6.45, 7) is 0. The lowest BCUT2D eigenvalue weighted by atomic mass is 10.3. The topological polar surface area (TPSA) is 39.2 Å². The normalized spacial score (nSPS) is 8.85. The molecular formula is C7H6Cl2FNO2. The van der Waals surface area contributed by atoms with Crippen LogP contribution in [0.3, 0.4) is 0 Å². The lowest BCUT2D eigenvalue weighted by Crippen LogP contribution is -2.03. The van der Waals surface area contributed by atoms with E-state index in [-0.39, 0.29) is 23.1 Å². The Labute approximate surface area is 85.3 Å². The number of carbonyl (C=O) groups excluding carboxylic acids is 1. The molecule has 0 atom stereocenters. The number of aromatic nitrogens is 1. The number of ether oxygens (including phenoxy) is 1. The van der Waals surface area contributed by atoms with Gasteiger partial charge in [0.2, 0.25) is 0 Å². The van der Waals surface area contributed by atoms with Gasteiger partial charge in [-0.15, -0.1) is 12.4 Å². The minimum atomic E-state index is -0.702. The SMILES string of the molecule is COC(=O)c1cc(F)cnc1Cl.Cl. The smallest absolute Gasteiger partial charge is 0.341 e. The van der Waals surface area contributed by atoms with Crippen LogP contribution >= 0.6 is 24.0 Å². The van der Waals surface area contributed by atoms with Crippen LogP contribution in [0.25, 0.3) is 0 Å². The molecule has 0 radical (unpaired) electrons. The monoisotopic (exact) mass is 225 g/mol. The number of esters is 1. The van der Waals surface area contributed by atoms with Gasteiger partial charge in [-0.25, -0.2) is 14.2 Å². The molecule has 0 aliphatic rings. The molecule has 1 heterocycles. The molecule has 0 bridgehead atoms. The van der Waals surface area contributed by atoms with Crippen LogP contribution in [0.15, 0.2) is 12.3 Å². The van der Waals surface area contributed by atoms with Gasteiger partial charge in [-0.3, -0.25) is 0 Å². The number of pyridine rings is 1. The fourth-order valence-corrected chi connectivity index (χ4v) is 0.856. The highest BCUT2D eigenvalue weighted by Crippen LogP contribution is 2.14. The molecule has 0 fully saturated rings. The van der Waals surface area contributed by atoms with Gasteiger partial charge in [-0.05, 0) is 6.07 Å². The van der Waals surface area contributed by atoms with E-state index in [1.807, 2.05) is 0 Å². The van der Waals surface area contributed by atoms with Crippen LogP contribution in [0.1, 0.15) is 10.4 Å². The molecule has 1 aromatic heterocycles. The Morgan fingerprint density at radius 3 is 2.85 bits per heavy atom. The fraction of sp³-hybridized carbons (Fsp3) is 0.143. The molecule has 1 rings (SSSR count). The van der Waals surface area contributed by atoms with Crippen LogP contribution in [0.2, 0.25) is 5.15 Å². The highest BCUT2D eigenvalue weighted by molar-refractivity contribution is 6.32. The highest BCUT2D eigenvalue weighted by Gasteiger charge is 2.12. The van der Waals surface area contributed by atoms with E-state index in [1.54, 1.807) is 0 Å².